The third-order valence-electron chi connectivity index (χ3n) is 16.3. The Balaban J connectivity index is 0.979. The van der Waals surface area contributed by atoms with E-state index in [1.165, 1.54) is 147 Å². The van der Waals surface area contributed by atoms with Crippen LogP contribution in [0.4, 0.5) is 0 Å². The molecule has 0 radical (unpaired) electrons. The molecule has 1 nitrogen and oxygen atoms in total. The predicted molar refractivity (Wildman–Crippen MR) is 307 cm³/mol. The summed E-state index contributed by atoms with van der Waals surface area (Å²) in [5.74, 6) is 0. The van der Waals surface area contributed by atoms with Crippen molar-refractivity contribution < 1.29 is 0 Å². The minimum absolute atomic E-state index is 0.502. The van der Waals surface area contributed by atoms with Gasteiger partial charge < -0.3 is 4.57 Å². The summed E-state index contributed by atoms with van der Waals surface area (Å²) in [6.45, 7) is 0. The van der Waals surface area contributed by atoms with Crippen LogP contribution in [-0.2, 0) is 11.8 Å². The zero-order chi connectivity index (χ0) is 47.1. The lowest BCUT2D eigenvalue weighted by Gasteiger charge is -2.32. The van der Waals surface area contributed by atoms with Crippen molar-refractivity contribution in [2.75, 3.05) is 0 Å². The molecule has 0 unspecified atom stereocenters. The number of rotatable bonds is 5. The van der Waals surface area contributed by atoms with E-state index in [2.05, 4.69) is 253 Å². The van der Waals surface area contributed by atoms with Crippen LogP contribution in [0.1, 0.15) is 38.9 Å². The molecule has 72 heavy (non-hydrogen) atoms. The van der Waals surface area contributed by atoms with Gasteiger partial charge in [-0.15, -0.1) is 11.3 Å². The number of aromatic nitrogens is 1. The van der Waals surface area contributed by atoms with Gasteiger partial charge >= 0.3 is 0 Å². The molecule has 1 spiro atoms. The zero-order valence-corrected chi connectivity index (χ0v) is 40.1. The van der Waals surface area contributed by atoms with Crippen LogP contribution >= 0.6 is 11.3 Å². The molecule has 14 aromatic rings. The highest BCUT2D eigenvalue weighted by Crippen LogP contribution is 2.64. The van der Waals surface area contributed by atoms with Gasteiger partial charge in [0.2, 0.25) is 0 Å². The lowest BCUT2D eigenvalue weighted by atomic mass is 9.68. The molecule has 2 aliphatic rings. The summed E-state index contributed by atoms with van der Waals surface area (Å²) in [6, 6.07) is 91.5. The van der Waals surface area contributed by atoms with E-state index in [1.54, 1.807) is 0 Å². The predicted octanol–water partition coefficient (Wildman–Crippen LogP) is 18.7. The van der Waals surface area contributed by atoms with E-state index >= 15 is 0 Å². The van der Waals surface area contributed by atoms with Crippen molar-refractivity contribution in [3.63, 3.8) is 0 Å². The maximum absolute atomic E-state index is 2.56. The van der Waals surface area contributed by atoms with E-state index in [0.29, 0.717) is 0 Å². The van der Waals surface area contributed by atoms with Gasteiger partial charge in [0.25, 0.3) is 0 Å². The highest BCUT2D eigenvalue weighted by molar-refractivity contribution is 7.25. The van der Waals surface area contributed by atoms with Gasteiger partial charge in [0.1, 0.15) is 0 Å². The Hall–Kier alpha value is -8.82. The van der Waals surface area contributed by atoms with Crippen LogP contribution in [0.3, 0.4) is 0 Å². The van der Waals surface area contributed by atoms with E-state index < -0.39 is 5.41 Å². The summed E-state index contributed by atoms with van der Waals surface area (Å²) >= 11 is 1.88. The first kappa shape index (κ1) is 40.0. The van der Waals surface area contributed by atoms with Gasteiger partial charge in [-0.05, 0) is 136 Å². The Morgan fingerprint density at radius 3 is 1.78 bits per heavy atom. The molecule has 0 N–H and O–H groups in total. The molecular weight excluding hydrogens is 887 g/mol. The number of hydrogen-bond acceptors (Lipinski definition) is 1. The number of fused-ring (bicyclic) bond motifs is 21. The van der Waals surface area contributed by atoms with Crippen molar-refractivity contribution in [1.82, 2.24) is 4.57 Å². The summed E-state index contributed by atoms with van der Waals surface area (Å²) in [5, 5.41) is 12.9. The first-order valence-corrected chi connectivity index (χ1v) is 25.9. The molecule has 0 amide bonds. The fourth-order valence-electron chi connectivity index (χ4n) is 13.4. The van der Waals surface area contributed by atoms with Crippen molar-refractivity contribution in [2.45, 2.75) is 11.8 Å². The third-order valence-corrected chi connectivity index (χ3v) is 17.4. The minimum Gasteiger partial charge on any atom is -0.309 e. The fourth-order valence-corrected chi connectivity index (χ4v) is 14.6. The standard InChI is InChI=1S/C70H43NS/c1-2-19-48-43(16-1)34-36-53-51-26-13-17-44(49(51)38-39-52(48)53)40-46(50-25-15-27-59-56-22-5-10-30-63(56)70(69(50)59)61-28-8-3-20-54(61)55-21-4-9-29-62(55)70)41-45-18-14-32-65-68(45)60-24-6-11-31-64(60)71(65)47-35-37-58-57-23-7-12-33-66(57)72-67(58)42-47/h1-39,41-42H,40H2/b46-41-. The van der Waals surface area contributed by atoms with Crippen molar-refractivity contribution >= 4 is 97.3 Å². The average molecular weight is 930 g/mol. The second-order valence-corrected chi connectivity index (χ2v) is 20.9. The molecule has 2 heteroatoms. The number of thiophene rings is 1. The maximum Gasteiger partial charge on any atom is 0.0731 e. The lowest BCUT2D eigenvalue weighted by Crippen LogP contribution is -2.27. The zero-order valence-electron chi connectivity index (χ0n) is 39.2. The molecule has 2 aromatic heterocycles. The molecule has 0 bridgehead atoms. The van der Waals surface area contributed by atoms with Gasteiger partial charge in [0.15, 0.2) is 0 Å². The van der Waals surface area contributed by atoms with Crippen LogP contribution in [0.25, 0.3) is 114 Å². The van der Waals surface area contributed by atoms with Crippen LogP contribution in [-0.4, -0.2) is 4.57 Å². The van der Waals surface area contributed by atoms with E-state index in [1.807, 2.05) is 11.3 Å². The van der Waals surface area contributed by atoms with Crippen LogP contribution in [0.15, 0.2) is 243 Å². The van der Waals surface area contributed by atoms with E-state index in [0.717, 1.165) is 6.42 Å². The van der Waals surface area contributed by atoms with E-state index in [4.69, 9.17) is 0 Å². The number of nitrogens with zero attached hydrogens (tertiary/aromatic N) is 1. The Morgan fingerprint density at radius 2 is 0.958 bits per heavy atom. The van der Waals surface area contributed by atoms with Crippen molar-refractivity contribution in [3.05, 3.63) is 282 Å². The number of hydrogen-bond donors (Lipinski definition) is 0. The van der Waals surface area contributed by atoms with Gasteiger partial charge in [-0.3, -0.25) is 0 Å². The number of benzene rings is 12. The normalized spacial score (nSPS) is 13.5. The maximum atomic E-state index is 2.56. The average Bonchev–Trinajstić information content (AvgIpc) is 4.17. The Morgan fingerprint density at radius 1 is 0.403 bits per heavy atom. The summed E-state index contributed by atoms with van der Waals surface area (Å²) in [7, 11) is 0. The molecule has 334 valence electrons. The molecule has 12 aromatic carbocycles. The highest BCUT2D eigenvalue weighted by Gasteiger charge is 2.52. The number of allylic oxidation sites excluding steroid dienone is 1. The van der Waals surface area contributed by atoms with Crippen LogP contribution in [0.5, 0.6) is 0 Å². The van der Waals surface area contributed by atoms with Crippen LogP contribution in [0, 0.1) is 0 Å². The van der Waals surface area contributed by atoms with Gasteiger partial charge in [0, 0.05) is 36.6 Å². The molecule has 0 fully saturated rings. The van der Waals surface area contributed by atoms with Gasteiger partial charge in [-0.2, -0.15) is 0 Å². The summed E-state index contributed by atoms with van der Waals surface area (Å²) in [4.78, 5) is 0. The molecule has 0 saturated carbocycles. The molecular formula is C70H43NS. The quantitative estimate of drug-likeness (QED) is 0.120. The van der Waals surface area contributed by atoms with Crippen LogP contribution < -0.4 is 0 Å². The third kappa shape index (κ3) is 5.42. The van der Waals surface area contributed by atoms with Crippen molar-refractivity contribution in [1.29, 1.82) is 0 Å². The Labute approximate surface area is 420 Å². The summed E-state index contributed by atoms with van der Waals surface area (Å²) < 4.78 is 5.11. The first-order valence-electron chi connectivity index (χ1n) is 25.1. The molecule has 0 saturated heterocycles. The summed E-state index contributed by atoms with van der Waals surface area (Å²) in [5.41, 5.74) is 18.9. The summed E-state index contributed by atoms with van der Waals surface area (Å²) in [6.07, 6.45) is 3.29. The topological polar surface area (TPSA) is 4.93 Å². The minimum atomic E-state index is -0.502. The van der Waals surface area contributed by atoms with Crippen molar-refractivity contribution in [2.24, 2.45) is 0 Å². The molecule has 0 atom stereocenters. The SMILES string of the molecule is C(=C(\Cc1cccc2c1ccc1c3ccccc3ccc21)c1cccc2c1C1(c3ccccc3-c3ccccc31)c1ccccc1-2)/c1cccc2c1c1ccccc1n2-c1ccc2c(c1)sc1ccccc12. The number of para-hydroxylation sites is 1. The highest BCUT2D eigenvalue weighted by atomic mass is 32.1. The smallest absolute Gasteiger partial charge is 0.0731 e. The second kappa shape index (κ2) is 15.1. The van der Waals surface area contributed by atoms with Gasteiger partial charge in [0.05, 0.1) is 16.4 Å². The molecule has 2 aliphatic carbocycles. The monoisotopic (exact) mass is 929 g/mol. The lowest BCUT2D eigenvalue weighted by molar-refractivity contribution is 0.790. The van der Waals surface area contributed by atoms with E-state index in [-0.39, 0.29) is 0 Å². The van der Waals surface area contributed by atoms with Crippen LogP contribution in [0.2, 0.25) is 0 Å². The first-order chi connectivity index (χ1) is 35.7. The molecule has 16 rings (SSSR count). The second-order valence-electron chi connectivity index (χ2n) is 19.8. The molecule has 0 aliphatic heterocycles. The van der Waals surface area contributed by atoms with Gasteiger partial charge in [-0.25, -0.2) is 0 Å². The van der Waals surface area contributed by atoms with Crippen molar-refractivity contribution in [3.8, 4) is 27.9 Å². The van der Waals surface area contributed by atoms with E-state index in [9.17, 15) is 0 Å². The largest absolute Gasteiger partial charge is 0.309 e. The van der Waals surface area contributed by atoms with Gasteiger partial charge in [-0.1, -0.05) is 218 Å². The fraction of sp³-hybridized carbons (Fsp3) is 0.0286. The Kier molecular flexibility index (Phi) is 8.38. The molecule has 2 heterocycles. The Bertz CT molecular complexity index is 4610.